The first-order valence-corrected chi connectivity index (χ1v) is 7.11. The molecule has 0 heterocycles. The quantitative estimate of drug-likeness (QED) is 0.659. The van der Waals surface area contributed by atoms with Crippen LogP contribution < -0.4 is 11.1 Å². The number of nitrogens with one attached hydrogen (secondary N) is 1. The van der Waals surface area contributed by atoms with Crippen molar-refractivity contribution in [3.05, 3.63) is 0 Å². The van der Waals surface area contributed by atoms with Crippen LogP contribution in [0.3, 0.4) is 0 Å². The highest BCUT2D eigenvalue weighted by molar-refractivity contribution is 5.75. The van der Waals surface area contributed by atoms with Crippen LogP contribution in [-0.2, 0) is 4.79 Å². The normalized spacial score (nSPS) is 14.9. The van der Waals surface area contributed by atoms with Crippen molar-refractivity contribution in [2.45, 2.75) is 58.5 Å². The number of carbonyl (C=O) groups is 1. The Morgan fingerprint density at radius 1 is 1.28 bits per heavy atom. The Bertz CT molecular complexity index is 225. The van der Waals surface area contributed by atoms with Crippen LogP contribution in [0.1, 0.15) is 46.5 Å². The maximum absolute atomic E-state index is 11.7. The molecule has 0 saturated carbocycles. The van der Waals surface area contributed by atoms with Crippen LogP contribution in [0.4, 0.5) is 0 Å². The molecule has 2 atom stereocenters. The highest BCUT2D eigenvalue weighted by Gasteiger charge is 2.21. The maximum Gasteiger partial charge on any atom is 0.220 e. The number of hydrogen-bond acceptors (Lipinski definition) is 3. The number of nitrogens with two attached hydrogens (primary N) is 1. The summed E-state index contributed by atoms with van der Waals surface area (Å²) in [5, 5.41) is 3.03. The summed E-state index contributed by atoms with van der Waals surface area (Å²) in [7, 11) is 4.16. The van der Waals surface area contributed by atoms with Crippen LogP contribution in [0.15, 0.2) is 0 Å². The Labute approximate surface area is 112 Å². The van der Waals surface area contributed by atoms with Gasteiger partial charge in [0.2, 0.25) is 5.91 Å². The highest BCUT2D eigenvalue weighted by Crippen LogP contribution is 2.16. The van der Waals surface area contributed by atoms with E-state index in [1.54, 1.807) is 0 Å². The summed E-state index contributed by atoms with van der Waals surface area (Å²) in [6, 6.07) is 0.513. The predicted octanol–water partition coefficient (Wildman–Crippen LogP) is 1.60. The molecular formula is C14H31N3O. The fourth-order valence-electron chi connectivity index (χ4n) is 2.27. The molecular weight excluding hydrogens is 226 g/mol. The summed E-state index contributed by atoms with van der Waals surface area (Å²) in [5.74, 6) is 0.749. The van der Waals surface area contributed by atoms with Crippen LogP contribution >= 0.6 is 0 Å². The number of amides is 1. The molecule has 0 rings (SSSR count). The van der Waals surface area contributed by atoms with Crippen LogP contribution in [0.2, 0.25) is 0 Å². The van der Waals surface area contributed by atoms with Gasteiger partial charge in [0, 0.05) is 25.0 Å². The molecule has 4 nitrogen and oxygen atoms in total. The van der Waals surface area contributed by atoms with Gasteiger partial charge in [0.05, 0.1) is 0 Å². The van der Waals surface area contributed by atoms with Crippen LogP contribution in [0, 0.1) is 5.92 Å². The first-order chi connectivity index (χ1) is 8.42. The lowest BCUT2D eigenvalue weighted by Gasteiger charge is -2.31. The number of likely N-dealkylation sites (N-methyl/N-ethyl adjacent to an activating group) is 1. The fourth-order valence-corrected chi connectivity index (χ4v) is 2.27. The maximum atomic E-state index is 11.7. The van der Waals surface area contributed by atoms with Crippen molar-refractivity contribution in [1.82, 2.24) is 10.2 Å². The largest absolute Gasteiger partial charge is 0.355 e. The highest BCUT2D eigenvalue weighted by atomic mass is 16.1. The predicted molar refractivity (Wildman–Crippen MR) is 77.4 cm³/mol. The zero-order valence-electron chi connectivity index (χ0n) is 12.7. The minimum Gasteiger partial charge on any atom is -0.355 e. The lowest BCUT2D eigenvalue weighted by atomic mass is 9.93. The van der Waals surface area contributed by atoms with E-state index in [1.165, 1.54) is 0 Å². The molecule has 0 radical (unpaired) electrons. The summed E-state index contributed by atoms with van der Waals surface area (Å²) in [4.78, 5) is 13.9. The third kappa shape index (κ3) is 6.97. The summed E-state index contributed by atoms with van der Waals surface area (Å²) in [6.45, 7) is 7.09. The van der Waals surface area contributed by atoms with E-state index >= 15 is 0 Å². The Morgan fingerprint density at radius 2 is 1.83 bits per heavy atom. The molecule has 108 valence electrons. The van der Waals surface area contributed by atoms with E-state index in [-0.39, 0.29) is 11.9 Å². The molecule has 2 unspecified atom stereocenters. The van der Waals surface area contributed by atoms with Gasteiger partial charge in [-0.3, -0.25) is 4.79 Å². The molecule has 0 aromatic heterocycles. The van der Waals surface area contributed by atoms with E-state index in [0.717, 1.165) is 25.8 Å². The number of carbonyl (C=O) groups excluding carboxylic acids is 1. The number of rotatable bonds is 9. The van der Waals surface area contributed by atoms with Crippen molar-refractivity contribution in [1.29, 1.82) is 0 Å². The van der Waals surface area contributed by atoms with Gasteiger partial charge in [-0.25, -0.2) is 0 Å². The zero-order valence-corrected chi connectivity index (χ0v) is 12.7. The van der Waals surface area contributed by atoms with E-state index in [4.69, 9.17) is 5.73 Å². The molecule has 1 amide bonds. The van der Waals surface area contributed by atoms with Crippen molar-refractivity contribution < 1.29 is 4.79 Å². The standard InChI is InChI=1S/C14H31N3O/c1-6-12(7-2)13(17(4)5)10-16-14(18)9-8-11(3)15/h11-13H,6-10,15H2,1-5H3,(H,16,18). The molecule has 0 saturated heterocycles. The van der Waals surface area contributed by atoms with E-state index in [0.29, 0.717) is 18.4 Å². The number of hydrogen-bond donors (Lipinski definition) is 2. The Kier molecular flexibility index (Phi) is 9.02. The van der Waals surface area contributed by atoms with Gasteiger partial charge in [-0.15, -0.1) is 0 Å². The van der Waals surface area contributed by atoms with Crippen molar-refractivity contribution in [3.8, 4) is 0 Å². The first kappa shape index (κ1) is 17.4. The van der Waals surface area contributed by atoms with Gasteiger partial charge in [-0.1, -0.05) is 26.7 Å². The van der Waals surface area contributed by atoms with Crippen molar-refractivity contribution in [3.63, 3.8) is 0 Å². The molecule has 0 aromatic rings. The van der Waals surface area contributed by atoms with Gasteiger partial charge in [-0.2, -0.15) is 0 Å². The van der Waals surface area contributed by atoms with E-state index in [1.807, 2.05) is 6.92 Å². The first-order valence-electron chi connectivity index (χ1n) is 7.11. The van der Waals surface area contributed by atoms with Crippen molar-refractivity contribution in [2.24, 2.45) is 11.7 Å². The third-order valence-corrected chi connectivity index (χ3v) is 3.59. The summed E-state index contributed by atoms with van der Waals surface area (Å²) < 4.78 is 0. The SMILES string of the molecule is CCC(CC)C(CNC(=O)CCC(C)N)N(C)C. The molecule has 0 bridgehead atoms. The second-order valence-corrected chi connectivity index (χ2v) is 5.43. The molecule has 0 aliphatic carbocycles. The smallest absolute Gasteiger partial charge is 0.220 e. The van der Waals surface area contributed by atoms with Gasteiger partial charge in [0.25, 0.3) is 0 Å². The Hall–Kier alpha value is -0.610. The molecule has 4 heteroatoms. The second kappa shape index (κ2) is 9.34. The fraction of sp³-hybridized carbons (Fsp3) is 0.929. The van der Waals surface area contributed by atoms with Gasteiger partial charge in [-0.05, 0) is 33.4 Å². The van der Waals surface area contributed by atoms with Gasteiger partial charge in [0.1, 0.15) is 0 Å². The zero-order chi connectivity index (χ0) is 14.1. The summed E-state index contributed by atoms with van der Waals surface area (Å²) in [6.07, 6.45) is 3.58. The lowest BCUT2D eigenvalue weighted by molar-refractivity contribution is -0.121. The molecule has 0 spiro atoms. The monoisotopic (exact) mass is 257 g/mol. The lowest BCUT2D eigenvalue weighted by Crippen LogP contribution is -2.44. The Morgan fingerprint density at radius 3 is 2.22 bits per heavy atom. The Balaban J connectivity index is 4.15. The molecule has 0 aromatic carbocycles. The third-order valence-electron chi connectivity index (χ3n) is 3.59. The summed E-state index contributed by atoms with van der Waals surface area (Å²) >= 11 is 0. The van der Waals surface area contributed by atoms with Gasteiger partial charge < -0.3 is 16.0 Å². The number of nitrogens with zero attached hydrogens (tertiary/aromatic N) is 1. The van der Waals surface area contributed by atoms with Crippen molar-refractivity contribution >= 4 is 5.91 Å². The minimum absolute atomic E-state index is 0.0967. The van der Waals surface area contributed by atoms with Crippen LogP contribution in [0.25, 0.3) is 0 Å². The molecule has 18 heavy (non-hydrogen) atoms. The topological polar surface area (TPSA) is 58.4 Å². The van der Waals surface area contributed by atoms with Crippen LogP contribution in [-0.4, -0.2) is 43.5 Å². The summed E-state index contributed by atoms with van der Waals surface area (Å²) in [5.41, 5.74) is 5.65. The van der Waals surface area contributed by atoms with Gasteiger partial charge in [0.15, 0.2) is 0 Å². The molecule has 0 aliphatic rings. The van der Waals surface area contributed by atoms with Crippen LogP contribution in [0.5, 0.6) is 0 Å². The minimum atomic E-state index is 0.0967. The van der Waals surface area contributed by atoms with Gasteiger partial charge >= 0.3 is 0 Å². The average molecular weight is 257 g/mol. The van der Waals surface area contributed by atoms with E-state index in [9.17, 15) is 4.79 Å². The molecule has 0 aliphatic heterocycles. The van der Waals surface area contributed by atoms with E-state index < -0.39 is 0 Å². The van der Waals surface area contributed by atoms with Crippen molar-refractivity contribution in [2.75, 3.05) is 20.6 Å². The van der Waals surface area contributed by atoms with E-state index in [2.05, 4.69) is 38.2 Å². The molecule has 0 fully saturated rings. The molecule has 3 N–H and O–H groups in total. The average Bonchev–Trinajstić information content (AvgIpc) is 2.31. The second-order valence-electron chi connectivity index (χ2n) is 5.43.